The molecule has 2 N–H and O–H groups in total. The maximum Gasteiger partial charge on any atom is 0.275 e. The van der Waals surface area contributed by atoms with E-state index in [9.17, 15) is 13.2 Å². The molecule has 0 radical (unpaired) electrons. The predicted molar refractivity (Wildman–Crippen MR) is 90.6 cm³/mol. The van der Waals surface area contributed by atoms with Gasteiger partial charge in [-0.2, -0.15) is 0 Å². The fourth-order valence-electron chi connectivity index (χ4n) is 3.32. The standard InChI is InChI=1S/C16H22N4O3S/c1-11(17)12-7-3-5-9-19(12)15(21)14-13-8-4-6-10-20(13)16(18-14)24(2,22)23/h4,6,8,10-12H,3,5,7,9,17H2,1-2H3. The number of nitrogens with zero attached hydrogens (tertiary/aromatic N) is 3. The molecule has 130 valence electrons. The summed E-state index contributed by atoms with van der Waals surface area (Å²) in [6, 6.07) is 4.99. The van der Waals surface area contributed by atoms with Crippen molar-refractivity contribution in [2.24, 2.45) is 5.73 Å². The fourth-order valence-corrected chi connectivity index (χ4v) is 4.09. The van der Waals surface area contributed by atoms with Crippen molar-refractivity contribution in [1.29, 1.82) is 0 Å². The topological polar surface area (TPSA) is 97.8 Å². The Morgan fingerprint density at radius 3 is 2.79 bits per heavy atom. The molecule has 7 nitrogen and oxygen atoms in total. The van der Waals surface area contributed by atoms with E-state index in [0.717, 1.165) is 25.5 Å². The highest BCUT2D eigenvalue weighted by atomic mass is 32.2. The second-order valence-corrected chi connectivity index (χ2v) is 8.30. The summed E-state index contributed by atoms with van der Waals surface area (Å²) in [5, 5.41) is -0.115. The van der Waals surface area contributed by atoms with Crippen LogP contribution in [0.1, 0.15) is 36.7 Å². The molecule has 0 spiro atoms. The van der Waals surface area contributed by atoms with Crippen LogP contribution in [0.4, 0.5) is 0 Å². The number of fused-ring (bicyclic) bond motifs is 1. The number of carbonyl (C=O) groups is 1. The Morgan fingerprint density at radius 1 is 1.38 bits per heavy atom. The summed E-state index contributed by atoms with van der Waals surface area (Å²) in [4.78, 5) is 19.0. The van der Waals surface area contributed by atoms with Crippen molar-refractivity contribution in [1.82, 2.24) is 14.3 Å². The van der Waals surface area contributed by atoms with Crippen molar-refractivity contribution >= 4 is 21.3 Å². The number of pyridine rings is 1. The zero-order chi connectivity index (χ0) is 17.5. The van der Waals surface area contributed by atoms with Gasteiger partial charge in [-0.3, -0.25) is 9.20 Å². The molecule has 0 bridgehead atoms. The molecule has 2 aromatic heterocycles. The van der Waals surface area contributed by atoms with E-state index in [-0.39, 0.29) is 28.8 Å². The Bertz CT molecular complexity index is 873. The average Bonchev–Trinajstić information content (AvgIpc) is 2.94. The smallest absolute Gasteiger partial charge is 0.275 e. The predicted octanol–water partition coefficient (Wildman–Crippen LogP) is 1.08. The van der Waals surface area contributed by atoms with Crippen molar-refractivity contribution in [3.63, 3.8) is 0 Å². The van der Waals surface area contributed by atoms with E-state index >= 15 is 0 Å². The van der Waals surface area contributed by atoms with Gasteiger partial charge in [-0.05, 0) is 38.3 Å². The summed E-state index contributed by atoms with van der Waals surface area (Å²) in [5.41, 5.74) is 6.71. The molecule has 0 aromatic carbocycles. The van der Waals surface area contributed by atoms with E-state index in [0.29, 0.717) is 12.1 Å². The van der Waals surface area contributed by atoms with Crippen LogP contribution in [0.5, 0.6) is 0 Å². The van der Waals surface area contributed by atoms with Gasteiger partial charge in [-0.15, -0.1) is 0 Å². The highest BCUT2D eigenvalue weighted by molar-refractivity contribution is 7.90. The molecule has 2 aromatic rings. The van der Waals surface area contributed by atoms with Gasteiger partial charge in [0.05, 0.1) is 5.52 Å². The van der Waals surface area contributed by atoms with Crippen molar-refractivity contribution < 1.29 is 13.2 Å². The minimum atomic E-state index is -3.55. The molecular formula is C16H22N4O3S. The first-order valence-corrected chi connectivity index (χ1v) is 9.93. The second-order valence-electron chi connectivity index (χ2n) is 6.39. The number of piperidine rings is 1. The minimum absolute atomic E-state index is 0.0478. The number of amides is 1. The van der Waals surface area contributed by atoms with E-state index in [1.54, 1.807) is 29.3 Å². The van der Waals surface area contributed by atoms with Crippen molar-refractivity contribution in [3.8, 4) is 0 Å². The molecule has 0 saturated carbocycles. The summed E-state index contributed by atoms with van der Waals surface area (Å²) in [6.07, 6.45) is 5.51. The lowest BCUT2D eigenvalue weighted by Crippen LogP contribution is -2.51. The highest BCUT2D eigenvalue weighted by Gasteiger charge is 2.33. The second kappa shape index (κ2) is 6.18. The Labute approximate surface area is 141 Å². The summed E-state index contributed by atoms with van der Waals surface area (Å²) in [6.45, 7) is 2.51. The zero-order valence-corrected chi connectivity index (χ0v) is 14.7. The number of sulfone groups is 1. The van der Waals surface area contributed by atoms with Crippen LogP contribution in [-0.4, -0.2) is 53.5 Å². The van der Waals surface area contributed by atoms with Crippen molar-refractivity contribution in [3.05, 3.63) is 30.1 Å². The molecule has 1 aliphatic rings. The Kier molecular flexibility index (Phi) is 4.35. The van der Waals surface area contributed by atoms with E-state index in [1.165, 1.54) is 4.40 Å². The van der Waals surface area contributed by atoms with Crippen molar-refractivity contribution in [2.45, 2.75) is 43.4 Å². The first-order valence-electron chi connectivity index (χ1n) is 8.04. The van der Waals surface area contributed by atoms with Crippen LogP contribution >= 0.6 is 0 Å². The van der Waals surface area contributed by atoms with Crippen LogP contribution < -0.4 is 5.73 Å². The maximum absolute atomic E-state index is 13.1. The quantitative estimate of drug-likeness (QED) is 0.893. The lowest BCUT2D eigenvalue weighted by atomic mass is 9.96. The Balaban J connectivity index is 2.10. The molecule has 0 aliphatic carbocycles. The van der Waals surface area contributed by atoms with E-state index in [1.807, 2.05) is 6.92 Å². The monoisotopic (exact) mass is 350 g/mol. The number of likely N-dealkylation sites (tertiary alicyclic amines) is 1. The largest absolute Gasteiger partial charge is 0.333 e. The molecule has 1 amide bonds. The first-order chi connectivity index (χ1) is 11.3. The lowest BCUT2D eigenvalue weighted by molar-refractivity contribution is 0.0580. The minimum Gasteiger partial charge on any atom is -0.333 e. The molecule has 2 unspecified atom stereocenters. The van der Waals surface area contributed by atoms with Gasteiger partial charge in [-0.1, -0.05) is 6.07 Å². The number of hydrogen-bond acceptors (Lipinski definition) is 5. The van der Waals surface area contributed by atoms with E-state index in [4.69, 9.17) is 5.73 Å². The number of carbonyl (C=O) groups excluding carboxylic acids is 1. The third-order valence-electron chi connectivity index (χ3n) is 4.47. The Hall–Kier alpha value is -1.93. The van der Waals surface area contributed by atoms with E-state index < -0.39 is 9.84 Å². The first kappa shape index (κ1) is 16.9. The molecule has 3 heterocycles. The summed E-state index contributed by atoms with van der Waals surface area (Å²) in [7, 11) is -3.55. The third-order valence-corrected chi connectivity index (χ3v) is 5.42. The van der Waals surface area contributed by atoms with Gasteiger partial charge in [0.2, 0.25) is 15.0 Å². The molecule has 1 fully saturated rings. The van der Waals surface area contributed by atoms with Crippen LogP contribution in [0.3, 0.4) is 0 Å². The zero-order valence-electron chi connectivity index (χ0n) is 13.8. The molecule has 1 aliphatic heterocycles. The SMILES string of the molecule is CC(N)C1CCCCN1C(=O)c1nc(S(C)(=O)=O)n2ccccc12. The number of imidazole rings is 1. The van der Waals surface area contributed by atoms with E-state index in [2.05, 4.69) is 4.98 Å². The van der Waals surface area contributed by atoms with Gasteiger partial charge in [0, 0.05) is 31.1 Å². The number of nitrogens with two attached hydrogens (primary N) is 1. The summed E-state index contributed by atoms with van der Waals surface area (Å²) in [5.74, 6) is -0.254. The number of hydrogen-bond donors (Lipinski definition) is 1. The van der Waals surface area contributed by atoms with Gasteiger partial charge >= 0.3 is 0 Å². The highest BCUT2D eigenvalue weighted by Crippen LogP contribution is 2.24. The molecule has 24 heavy (non-hydrogen) atoms. The molecule has 8 heteroatoms. The van der Waals surface area contributed by atoms with Crippen LogP contribution in [0.25, 0.3) is 5.52 Å². The lowest BCUT2D eigenvalue weighted by Gasteiger charge is -2.37. The summed E-state index contributed by atoms with van der Waals surface area (Å²) < 4.78 is 25.5. The average molecular weight is 350 g/mol. The molecule has 3 rings (SSSR count). The van der Waals surface area contributed by atoms with Crippen LogP contribution in [-0.2, 0) is 9.84 Å². The van der Waals surface area contributed by atoms with Crippen molar-refractivity contribution in [2.75, 3.05) is 12.8 Å². The molecule has 2 atom stereocenters. The number of rotatable bonds is 3. The van der Waals surface area contributed by atoms with Crippen LogP contribution in [0.15, 0.2) is 29.6 Å². The van der Waals surface area contributed by atoms with Gasteiger partial charge in [0.1, 0.15) is 0 Å². The Morgan fingerprint density at radius 2 is 2.12 bits per heavy atom. The normalized spacial score (nSPS) is 20.3. The van der Waals surface area contributed by atoms with Crippen LogP contribution in [0, 0.1) is 0 Å². The maximum atomic E-state index is 13.1. The summed E-state index contributed by atoms with van der Waals surface area (Å²) >= 11 is 0. The van der Waals surface area contributed by atoms with Crippen LogP contribution in [0.2, 0.25) is 0 Å². The third kappa shape index (κ3) is 2.91. The van der Waals surface area contributed by atoms with Gasteiger partial charge in [0.25, 0.3) is 5.91 Å². The molecular weight excluding hydrogens is 328 g/mol. The van der Waals surface area contributed by atoms with Gasteiger partial charge in [0.15, 0.2) is 5.69 Å². The van der Waals surface area contributed by atoms with Gasteiger partial charge in [-0.25, -0.2) is 13.4 Å². The molecule has 1 saturated heterocycles. The fraction of sp³-hybridized carbons (Fsp3) is 0.500. The number of aromatic nitrogens is 2. The van der Waals surface area contributed by atoms with Gasteiger partial charge < -0.3 is 10.6 Å².